The molecule has 1 aliphatic heterocycles. The predicted molar refractivity (Wildman–Crippen MR) is 87.1 cm³/mol. The van der Waals surface area contributed by atoms with E-state index >= 15 is 0 Å². The second-order valence-electron chi connectivity index (χ2n) is 6.35. The van der Waals surface area contributed by atoms with E-state index in [1.807, 2.05) is 0 Å². The minimum atomic E-state index is 0.413. The molecule has 0 aromatic heterocycles. The Balaban J connectivity index is 2.14. The molecule has 0 bridgehead atoms. The minimum absolute atomic E-state index is 0.413. The summed E-state index contributed by atoms with van der Waals surface area (Å²) in [6.45, 7) is 8.16. The molecule has 1 heterocycles. The van der Waals surface area contributed by atoms with Gasteiger partial charge in [-0.25, -0.2) is 0 Å². The number of aryl methyl sites for hydroxylation is 1. The van der Waals surface area contributed by atoms with E-state index in [-0.39, 0.29) is 0 Å². The molecule has 112 valence electrons. The van der Waals surface area contributed by atoms with E-state index < -0.39 is 0 Å². The topological polar surface area (TPSA) is 15.3 Å². The van der Waals surface area contributed by atoms with Crippen LogP contribution in [-0.4, -0.2) is 30.6 Å². The first-order valence-electron chi connectivity index (χ1n) is 8.13. The zero-order valence-corrected chi connectivity index (χ0v) is 13.5. The number of hydrogen-bond donors (Lipinski definition) is 1. The average Bonchev–Trinajstić information content (AvgIpc) is 2.66. The molecular weight excluding hydrogens is 244 g/mol. The van der Waals surface area contributed by atoms with E-state index in [0.29, 0.717) is 18.1 Å². The van der Waals surface area contributed by atoms with Crippen LogP contribution >= 0.6 is 0 Å². The van der Waals surface area contributed by atoms with Gasteiger partial charge in [-0.3, -0.25) is 4.90 Å². The molecule has 1 aromatic rings. The maximum atomic E-state index is 3.53. The van der Waals surface area contributed by atoms with E-state index in [2.05, 4.69) is 62.3 Å². The quantitative estimate of drug-likeness (QED) is 0.895. The van der Waals surface area contributed by atoms with Crippen molar-refractivity contribution >= 4 is 0 Å². The minimum Gasteiger partial charge on any atom is -0.312 e. The zero-order valence-electron chi connectivity index (χ0n) is 13.5. The van der Waals surface area contributed by atoms with Crippen molar-refractivity contribution in [3.8, 4) is 0 Å². The van der Waals surface area contributed by atoms with Crippen LogP contribution in [0.3, 0.4) is 0 Å². The lowest BCUT2D eigenvalue weighted by molar-refractivity contribution is 0.129. The van der Waals surface area contributed by atoms with Gasteiger partial charge in [-0.15, -0.1) is 0 Å². The van der Waals surface area contributed by atoms with Crippen molar-refractivity contribution in [2.45, 2.75) is 64.6 Å². The molecule has 1 fully saturated rings. The number of nitrogens with one attached hydrogen (secondary N) is 1. The van der Waals surface area contributed by atoms with Crippen molar-refractivity contribution < 1.29 is 0 Å². The van der Waals surface area contributed by atoms with Gasteiger partial charge in [0.25, 0.3) is 0 Å². The Kier molecular flexibility index (Phi) is 5.62. The molecule has 0 saturated carbocycles. The smallest absolute Gasteiger partial charge is 0.0473 e. The summed E-state index contributed by atoms with van der Waals surface area (Å²) in [6, 6.07) is 10.6. The Morgan fingerprint density at radius 3 is 2.50 bits per heavy atom. The third-order valence-electron chi connectivity index (χ3n) is 4.86. The van der Waals surface area contributed by atoms with Gasteiger partial charge in [0, 0.05) is 18.1 Å². The van der Waals surface area contributed by atoms with Crippen LogP contribution in [-0.2, 0) is 0 Å². The lowest BCUT2D eigenvalue weighted by Gasteiger charge is -2.38. The molecule has 2 nitrogen and oxygen atoms in total. The van der Waals surface area contributed by atoms with Gasteiger partial charge in [-0.05, 0) is 52.8 Å². The van der Waals surface area contributed by atoms with Crippen molar-refractivity contribution in [3.63, 3.8) is 0 Å². The highest BCUT2D eigenvalue weighted by atomic mass is 15.2. The molecule has 1 aliphatic rings. The standard InChI is InChI=1S/C18H30N2/c1-14-9-11-17(12-10-14)18(19-4)16(3)20-13-7-5-6-8-15(20)2/h9-12,15-16,18-19H,5-8,13H2,1-4H3. The van der Waals surface area contributed by atoms with Gasteiger partial charge >= 0.3 is 0 Å². The summed E-state index contributed by atoms with van der Waals surface area (Å²) in [4.78, 5) is 2.70. The van der Waals surface area contributed by atoms with E-state index in [0.717, 1.165) is 0 Å². The van der Waals surface area contributed by atoms with Crippen LogP contribution in [0.5, 0.6) is 0 Å². The van der Waals surface area contributed by atoms with E-state index in [9.17, 15) is 0 Å². The first kappa shape index (κ1) is 15.5. The van der Waals surface area contributed by atoms with Crippen LogP contribution < -0.4 is 5.32 Å². The maximum absolute atomic E-state index is 3.53. The molecule has 2 heteroatoms. The lowest BCUT2D eigenvalue weighted by atomic mass is 9.97. The second-order valence-corrected chi connectivity index (χ2v) is 6.35. The molecule has 1 N–H and O–H groups in total. The summed E-state index contributed by atoms with van der Waals surface area (Å²) >= 11 is 0. The summed E-state index contributed by atoms with van der Waals surface area (Å²) in [5.74, 6) is 0. The number of benzene rings is 1. The summed E-state index contributed by atoms with van der Waals surface area (Å²) in [7, 11) is 2.09. The molecule has 0 aliphatic carbocycles. The summed E-state index contributed by atoms with van der Waals surface area (Å²) in [6.07, 6.45) is 5.47. The molecule has 0 spiro atoms. The Bertz CT molecular complexity index is 398. The highest BCUT2D eigenvalue weighted by molar-refractivity contribution is 5.25. The van der Waals surface area contributed by atoms with Crippen molar-refractivity contribution in [3.05, 3.63) is 35.4 Å². The third kappa shape index (κ3) is 3.62. The third-order valence-corrected chi connectivity index (χ3v) is 4.86. The van der Waals surface area contributed by atoms with Gasteiger partial charge in [0.05, 0.1) is 0 Å². The summed E-state index contributed by atoms with van der Waals surface area (Å²) < 4.78 is 0. The van der Waals surface area contributed by atoms with E-state index in [4.69, 9.17) is 0 Å². The number of nitrogens with zero attached hydrogens (tertiary/aromatic N) is 1. The van der Waals surface area contributed by atoms with Crippen LogP contribution in [0.1, 0.15) is 56.7 Å². The fraction of sp³-hybridized carbons (Fsp3) is 0.667. The van der Waals surface area contributed by atoms with Crippen LogP contribution in [0.2, 0.25) is 0 Å². The van der Waals surface area contributed by atoms with Crippen LogP contribution in [0, 0.1) is 6.92 Å². The normalized spacial score (nSPS) is 24.1. The van der Waals surface area contributed by atoms with Crippen LogP contribution in [0.25, 0.3) is 0 Å². The fourth-order valence-corrected chi connectivity index (χ4v) is 3.55. The van der Waals surface area contributed by atoms with Gasteiger partial charge in [-0.1, -0.05) is 42.7 Å². The first-order valence-corrected chi connectivity index (χ1v) is 8.13. The molecule has 3 atom stereocenters. The van der Waals surface area contributed by atoms with Crippen molar-refractivity contribution in [1.29, 1.82) is 0 Å². The Labute approximate surface area is 124 Å². The van der Waals surface area contributed by atoms with Crippen LogP contribution in [0.4, 0.5) is 0 Å². The monoisotopic (exact) mass is 274 g/mol. The van der Waals surface area contributed by atoms with E-state index in [1.54, 1.807) is 0 Å². The SMILES string of the molecule is CNC(c1ccc(C)cc1)C(C)N1CCCCCC1C. The van der Waals surface area contributed by atoms with Crippen molar-refractivity contribution in [2.75, 3.05) is 13.6 Å². The summed E-state index contributed by atoms with van der Waals surface area (Å²) in [5, 5.41) is 3.53. The van der Waals surface area contributed by atoms with Gasteiger partial charge in [0.15, 0.2) is 0 Å². The number of hydrogen-bond acceptors (Lipinski definition) is 2. The highest BCUT2D eigenvalue weighted by Gasteiger charge is 2.27. The zero-order chi connectivity index (χ0) is 14.5. The fourth-order valence-electron chi connectivity index (χ4n) is 3.55. The Morgan fingerprint density at radius 1 is 1.15 bits per heavy atom. The number of rotatable bonds is 4. The molecule has 0 radical (unpaired) electrons. The number of likely N-dealkylation sites (tertiary alicyclic amines) is 1. The molecule has 3 unspecified atom stereocenters. The average molecular weight is 274 g/mol. The Morgan fingerprint density at radius 2 is 1.85 bits per heavy atom. The van der Waals surface area contributed by atoms with Gasteiger partial charge < -0.3 is 5.32 Å². The molecule has 20 heavy (non-hydrogen) atoms. The van der Waals surface area contributed by atoms with Gasteiger partial charge in [0.1, 0.15) is 0 Å². The summed E-state index contributed by atoms with van der Waals surface area (Å²) in [5.41, 5.74) is 2.74. The van der Waals surface area contributed by atoms with E-state index in [1.165, 1.54) is 43.4 Å². The highest BCUT2D eigenvalue weighted by Crippen LogP contribution is 2.26. The molecule has 1 aromatic carbocycles. The Hall–Kier alpha value is -0.860. The van der Waals surface area contributed by atoms with Crippen molar-refractivity contribution in [1.82, 2.24) is 10.2 Å². The first-order chi connectivity index (χ1) is 9.63. The number of likely N-dealkylation sites (N-methyl/N-ethyl adjacent to an activating group) is 1. The largest absolute Gasteiger partial charge is 0.312 e. The molecule has 2 rings (SSSR count). The molecular formula is C18H30N2. The van der Waals surface area contributed by atoms with Gasteiger partial charge in [-0.2, -0.15) is 0 Å². The molecule has 1 saturated heterocycles. The maximum Gasteiger partial charge on any atom is 0.0473 e. The van der Waals surface area contributed by atoms with Gasteiger partial charge in [0.2, 0.25) is 0 Å². The predicted octanol–water partition coefficient (Wildman–Crippen LogP) is 3.91. The molecule has 0 amide bonds. The second kappa shape index (κ2) is 7.24. The lowest BCUT2D eigenvalue weighted by Crippen LogP contribution is -2.46. The van der Waals surface area contributed by atoms with Crippen molar-refractivity contribution in [2.24, 2.45) is 0 Å². The van der Waals surface area contributed by atoms with Crippen LogP contribution in [0.15, 0.2) is 24.3 Å².